The molecule has 2 heterocycles. The molecule has 0 aromatic rings. The maximum absolute atomic E-state index is 10.2. The molecule has 0 aromatic heterocycles. The van der Waals surface area contributed by atoms with Crippen molar-refractivity contribution in [1.29, 1.82) is 0 Å². The van der Waals surface area contributed by atoms with Crippen LogP contribution in [0.2, 0.25) is 0 Å². The number of amides is 1. The van der Waals surface area contributed by atoms with Gasteiger partial charge in [0.05, 0.1) is 0 Å². The molecule has 14 heavy (non-hydrogen) atoms. The van der Waals surface area contributed by atoms with E-state index < -0.39 is 0 Å². The molecule has 2 aliphatic rings. The van der Waals surface area contributed by atoms with Gasteiger partial charge in [-0.2, -0.15) is 0 Å². The van der Waals surface area contributed by atoms with E-state index in [1.165, 1.54) is 0 Å². The Bertz CT molecular complexity index is 236. The molecule has 3 N–H and O–H groups in total. The molecule has 1 fully saturated rings. The first kappa shape index (κ1) is 9.48. The lowest BCUT2D eigenvalue weighted by atomic mass is 10.0. The Kier molecular flexibility index (Phi) is 3.00. The molecule has 0 saturated carbocycles. The minimum atomic E-state index is -0.0789. The summed E-state index contributed by atoms with van der Waals surface area (Å²) in [5.74, 6) is 0.616. The molecule has 1 saturated heterocycles. The number of hydrazine groups is 1. The second kappa shape index (κ2) is 4.43. The van der Waals surface area contributed by atoms with Gasteiger partial charge in [-0.05, 0) is 24.8 Å². The highest BCUT2D eigenvalue weighted by Crippen LogP contribution is 2.20. The molecule has 0 radical (unpaired) electrons. The molecule has 5 nitrogen and oxygen atoms in total. The zero-order valence-corrected chi connectivity index (χ0v) is 7.95. The molecule has 0 aromatic carbocycles. The standard InChI is InChI=1S/C9H15N3O2/c13-6-10-9-4-8(11-12-9)3-7-1-2-14-5-7/h4,6-7,9,11-12H,1-3,5H2,(H,10,13). The van der Waals surface area contributed by atoms with Crippen LogP contribution in [0.3, 0.4) is 0 Å². The summed E-state index contributed by atoms with van der Waals surface area (Å²) in [6, 6.07) is 0. The zero-order valence-electron chi connectivity index (χ0n) is 7.95. The van der Waals surface area contributed by atoms with Crippen molar-refractivity contribution in [3.8, 4) is 0 Å². The van der Waals surface area contributed by atoms with Gasteiger partial charge in [-0.25, -0.2) is 5.43 Å². The van der Waals surface area contributed by atoms with Crippen molar-refractivity contribution in [2.45, 2.75) is 19.0 Å². The van der Waals surface area contributed by atoms with E-state index in [-0.39, 0.29) is 6.17 Å². The predicted octanol–water partition coefficient (Wildman–Crippen LogP) is -0.523. The summed E-state index contributed by atoms with van der Waals surface area (Å²) in [4.78, 5) is 10.2. The summed E-state index contributed by atoms with van der Waals surface area (Å²) >= 11 is 0. The van der Waals surface area contributed by atoms with Gasteiger partial charge in [0.1, 0.15) is 6.17 Å². The highest BCUT2D eigenvalue weighted by Gasteiger charge is 2.20. The maximum Gasteiger partial charge on any atom is 0.208 e. The van der Waals surface area contributed by atoms with Crippen LogP contribution >= 0.6 is 0 Å². The number of nitrogens with one attached hydrogen (secondary N) is 3. The van der Waals surface area contributed by atoms with Crippen molar-refractivity contribution >= 4 is 6.41 Å². The Morgan fingerprint density at radius 1 is 1.71 bits per heavy atom. The number of rotatable bonds is 4. The molecule has 2 unspecified atom stereocenters. The Hall–Kier alpha value is -1.07. The number of allylic oxidation sites excluding steroid dienone is 1. The van der Waals surface area contributed by atoms with E-state index in [0.29, 0.717) is 12.3 Å². The summed E-state index contributed by atoms with van der Waals surface area (Å²) in [6.45, 7) is 1.73. The molecule has 5 heteroatoms. The second-order valence-electron chi connectivity index (χ2n) is 3.66. The van der Waals surface area contributed by atoms with Crippen LogP contribution in [0, 0.1) is 5.92 Å². The van der Waals surface area contributed by atoms with Crippen molar-refractivity contribution in [3.63, 3.8) is 0 Å². The average Bonchev–Trinajstić information content (AvgIpc) is 2.79. The van der Waals surface area contributed by atoms with Crippen LogP contribution in [0.25, 0.3) is 0 Å². The van der Waals surface area contributed by atoms with Crippen LogP contribution in [0.15, 0.2) is 11.8 Å². The summed E-state index contributed by atoms with van der Waals surface area (Å²) in [5.41, 5.74) is 7.15. The molecule has 0 bridgehead atoms. The van der Waals surface area contributed by atoms with Gasteiger partial charge >= 0.3 is 0 Å². The van der Waals surface area contributed by atoms with Crippen LogP contribution in [-0.2, 0) is 9.53 Å². The number of carbonyl (C=O) groups excluding carboxylic acids is 1. The zero-order chi connectivity index (χ0) is 9.80. The van der Waals surface area contributed by atoms with Gasteiger partial charge in [-0.3, -0.25) is 4.79 Å². The number of hydrogen-bond acceptors (Lipinski definition) is 4. The second-order valence-corrected chi connectivity index (χ2v) is 3.66. The summed E-state index contributed by atoms with van der Waals surface area (Å²) in [6.07, 6.45) is 4.73. The highest BCUT2D eigenvalue weighted by atomic mass is 16.5. The van der Waals surface area contributed by atoms with Crippen LogP contribution in [0.5, 0.6) is 0 Å². The fourth-order valence-corrected chi connectivity index (χ4v) is 1.79. The highest BCUT2D eigenvalue weighted by molar-refractivity contribution is 5.47. The van der Waals surface area contributed by atoms with Gasteiger partial charge in [0.25, 0.3) is 0 Å². The van der Waals surface area contributed by atoms with Crippen molar-refractivity contribution < 1.29 is 9.53 Å². The van der Waals surface area contributed by atoms with E-state index in [2.05, 4.69) is 16.2 Å². The van der Waals surface area contributed by atoms with E-state index >= 15 is 0 Å². The van der Waals surface area contributed by atoms with Gasteiger partial charge in [0, 0.05) is 18.9 Å². The molecule has 0 aliphatic carbocycles. The van der Waals surface area contributed by atoms with Gasteiger partial charge in [0.2, 0.25) is 6.41 Å². The van der Waals surface area contributed by atoms with E-state index in [4.69, 9.17) is 4.74 Å². The normalized spacial score (nSPS) is 31.0. The van der Waals surface area contributed by atoms with Crippen LogP contribution < -0.4 is 16.2 Å². The first-order valence-corrected chi connectivity index (χ1v) is 4.88. The molecule has 2 aliphatic heterocycles. The SMILES string of the molecule is O=CNC1C=C(CC2CCOC2)NN1. The molecule has 0 spiro atoms. The fourth-order valence-electron chi connectivity index (χ4n) is 1.79. The summed E-state index contributed by atoms with van der Waals surface area (Å²) < 4.78 is 5.29. The first-order valence-electron chi connectivity index (χ1n) is 4.88. The Balaban J connectivity index is 1.80. The van der Waals surface area contributed by atoms with Crippen molar-refractivity contribution in [2.75, 3.05) is 13.2 Å². The lowest BCUT2D eigenvalue weighted by Gasteiger charge is -2.08. The monoisotopic (exact) mass is 197 g/mol. The summed E-state index contributed by atoms with van der Waals surface area (Å²) in [5, 5.41) is 2.64. The molecule has 78 valence electrons. The minimum absolute atomic E-state index is 0.0789. The lowest BCUT2D eigenvalue weighted by molar-refractivity contribution is -0.110. The third kappa shape index (κ3) is 2.24. The predicted molar refractivity (Wildman–Crippen MR) is 50.9 cm³/mol. The largest absolute Gasteiger partial charge is 0.381 e. The Morgan fingerprint density at radius 3 is 3.36 bits per heavy atom. The topological polar surface area (TPSA) is 62.4 Å². The molecule has 2 atom stereocenters. The van der Waals surface area contributed by atoms with Crippen LogP contribution in [-0.4, -0.2) is 25.8 Å². The number of hydrogen-bond donors (Lipinski definition) is 3. The molecular formula is C9H15N3O2. The third-order valence-corrected chi connectivity index (χ3v) is 2.54. The molecule has 1 amide bonds. The lowest BCUT2D eigenvalue weighted by Crippen LogP contribution is -2.41. The van der Waals surface area contributed by atoms with Gasteiger partial charge in [0.15, 0.2) is 0 Å². The van der Waals surface area contributed by atoms with E-state index in [0.717, 1.165) is 31.8 Å². The average molecular weight is 197 g/mol. The number of carbonyl (C=O) groups is 1. The van der Waals surface area contributed by atoms with Crippen molar-refractivity contribution in [1.82, 2.24) is 16.2 Å². The summed E-state index contributed by atoms with van der Waals surface area (Å²) in [7, 11) is 0. The van der Waals surface area contributed by atoms with E-state index in [1.54, 1.807) is 0 Å². The third-order valence-electron chi connectivity index (χ3n) is 2.54. The van der Waals surface area contributed by atoms with Gasteiger partial charge in [-0.15, -0.1) is 0 Å². The van der Waals surface area contributed by atoms with Gasteiger partial charge in [-0.1, -0.05) is 0 Å². The maximum atomic E-state index is 10.2. The first-order chi connectivity index (χ1) is 6.88. The van der Waals surface area contributed by atoms with Gasteiger partial charge < -0.3 is 15.5 Å². The smallest absolute Gasteiger partial charge is 0.208 e. The van der Waals surface area contributed by atoms with Crippen molar-refractivity contribution in [3.05, 3.63) is 11.8 Å². The quantitative estimate of drug-likeness (QED) is 0.531. The molecular weight excluding hydrogens is 182 g/mol. The van der Waals surface area contributed by atoms with Crippen LogP contribution in [0.4, 0.5) is 0 Å². The Morgan fingerprint density at radius 2 is 2.64 bits per heavy atom. The number of ether oxygens (including phenoxy) is 1. The fraction of sp³-hybridized carbons (Fsp3) is 0.667. The molecule has 2 rings (SSSR count). The van der Waals surface area contributed by atoms with E-state index in [9.17, 15) is 4.79 Å². The minimum Gasteiger partial charge on any atom is -0.381 e. The van der Waals surface area contributed by atoms with Crippen LogP contribution in [0.1, 0.15) is 12.8 Å². The van der Waals surface area contributed by atoms with Crippen molar-refractivity contribution in [2.24, 2.45) is 5.92 Å². The Labute approximate surface area is 82.9 Å². The van der Waals surface area contributed by atoms with E-state index in [1.807, 2.05) is 6.08 Å².